The van der Waals surface area contributed by atoms with E-state index < -0.39 is 0 Å². The van der Waals surface area contributed by atoms with Crippen LogP contribution in [-0.2, 0) is 0 Å². The zero-order valence-electron chi connectivity index (χ0n) is 13.4. The molecule has 4 nitrogen and oxygen atoms in total. The number of benzene rings is 1. The van der Waals surface area contributed by atoms with Crippen LogP contribution in [0.25, 0.3) is 0 Å². The highest BCUT2D eigenvalue weighted by Crippen LogP contribution is 2.43. The largest absolute Gasteiger partial charge is 0.493 e. The molecule has 0 fully saturated rings. The molecular formula is C16H27NO3. The molecule has 1 aromatic carbocycles. The Balaban J connectivity index is 3.26. The van der Waals surface area contributed by atoms with Crippen LogP contribution >= 0.6 is 0 Å². The lowest BCUT2D eigenvalue weighted by Crippen LogP contribution is -2.23. The van der Waals surface area contributed by atoms with Gasteiger partial charge in [0, 0.05) is 11.6 Å². The number of nitrogens with one attached hydrogen (secondary N) is 1. The van der Waals surface area contributed by atoms with E-state index in [0.717, 1.165) is 24.3 Å². The van der Waals surface area contributed by atoms with Crippen molar-refractivity contribution in [1.29, 1.82) is 0 Å². The molecule has 1 aromatic rings. The van der Waals surface area contributed by atoms with Crippen LogP contribution < -0.4 is 19.5 Å². The average molecular weight is 281 g/mol. The molecule has 0 bridgehead atoms. The third-order valence-electron chi connectivity index (χ3n) is 3.27. The Bertz CT molecular complexity index is 418. The molecule has 4 heteroatoms. The molecule has 0 aromatic heterocycles. The van der Waals surface area contributed by atoms with E-state index in [2.05, 4.69) is 32.2 Å². The van der Waals surface area contributed by atoms with Gasteiger partial charge in [0.2, 0.25) is 5.75 Å². The first-order chi connectivity index (χ1) is 9.58. The molecule has 0 spiro atoms. The number of methoxy groups -OCH3 is 3. The van der Waals surface area contributed by atoms with Crippen molar-refractivity contribution in [1.82, 2.24) is 5.32 Å². The second-order valence-corrected chi connectivity index (χ2v) is 5.16. The molecule has 114 valence electrons. The van der Waals surface area contributed by atoms with Crippen LogP contribution in [0.5, 0.6) is 17.2 Å². The van der Waals surface area contributed by atoms with Crippen LogP contribution in [0, 0.1) is 5.92 Å². The molecule has 0 aliphatic carbocycles. The number of ether oxygens (including phenoxy) is 3. The van der Waals surface area contributed by atoms with Crippen molar-refractivity contribution in [3.05, 3.63) is 17.7 Å². The van der Waals surface area contributed by atoms with Crippen molar-refractivity contribution in [2.75, 3.05) is 27.9 Å². The maximum atomic E-state index is 5.57. The van der Waals surface area contributed by atoms with Gasteiger partial charge in [-0.3, -0.25) is 0 Å². The van der Waals surface area contributed by atoms with E-state index in [1.54, 1.807) is 21.3 Å². The van der Waals surface area contributed by atoms with Crippen molar-refractivity contribution >= 4 is 0 Å². The highest BCUT2D eigenvalue weighted by molar-refractivity contribution is 5.56. The third-order valence-corrected chi connectivity index (χ3v) is 3.27. The molecule has 0 saturated carbocycles. The van der Waals surface area contributed by atoms with Crippen LogP contribution in [0.3, 0.4) is 0 Å². The molecule has 1 rings (SSSR count). The van der Waals surface area contributed by atoms with E-state index in [0.29, 0.717) is 17.4 Å². The summed E-state index contributed by atoms with van der Waals surface area (Å²) in [5, 5.41) is 3.52. The first-order valence-electron chi connectivity index (χ1n) is 7.11. The van der Waals surface area contributed by atoms with Gasteiger partial charge in [0.1, 0.15) is 0 Å². The molecule has 0 heterocycles. The van der Waals surface area contributed by atoms with Crippen LogP contribution in [0.15, 0.2) is 12.1 Å². The molecule has 1 unspecified atom stereocenters. The fraction of sp³-hybridized carbons (Fsp3) is 0.625. The monoisotopic (exact) mass is 281 g/mol. The summed E-state index contributed by atoms with van der Waals surface area (Å²) in [5.74, 6) is 2.68. The van der Waals surface area contributed by atoms with Crippen molar-refractivity contribution < 1.29 is 14.2 Å². The Labute approximate surface area is 122 Å². The van der Waals surface area contributed by atoms with Gasteiger partial charge in [-0.05, 0) is 31.0 Å². The lowest BCUT2D eigenvalue weighted by molar-refractivity contribution is 0.316. The first-order valence-corrected chi connectivity index (χ1v) is 7.11. The van der Waals surface area contributed by atoms with Crippen molar-refractivity contribution in [2.24, 2.45) is 5.92 Å². The summed E-state index contributed by atoms with van der Waals surface area (Å²) < 4.78 is 16.4. The van der Waals surface area contributed by atoms with Gasteiger partial charge in [0.05, 0.1) is 21.3 Å². The number of hydrogen-bond acceptors (Lipinski definition) is 4. The minimum atomic E-state index is 0.245. The minimum Gasteiger partial charge on any atom is -0.493 e. The van der Waals surface area contributed by atoms with Gasteiger partial charge in [0.25, 0.3) is 0 Å². The second-order valence-electron chi connectivity index (χ2n) is 5.16. The van der Waals surface area contributed by atoms with Crippen molar-refractivity contribution in [2.45, 2.75) is 33.2 Å². The summed E-state index contributed by atoms with van der Waals surface area (Å²) in [4.78, 5) is 0. The van der Waals surface area contributed by atoms with E-state index in [1.165, 1.54) is 0 Å². The number of hydrogen-bond donors (Lipinski definition) is 1. The topological polar surface area (TPSA) is 39.7 Å². The lowest BCUT2D eigenvalue weighted by Gasteiger charge is -2.24. The molecule has 0 aliphatic rings. The zero-order chi connectivity index (χ0) is 15.1. The Hall–Kier alpha value is -1.42. The van der Waals surface area contributed by atoms with Gasteiger partial charge in [-0.1, -0.05) is 20.8 Å². The molecular weight excluding hydrogens is 254 g/mol. The molecule has 0 amide bonds. The van der Waals surface area contributed by atoms with Gasteiger partial charge in [-0.25, -0.2) is 0 Å². The Morgan fingerprint density at radius 2 is 1.65 bits per heavy atom. The third kappa shape index (κ3) is 3.79. The summed E-state index contributed by atoms with van der Waals surface area (Å²) >= 11 is 0. The summed E-state index contributed by atoms with van der Waals surface area (Å²) in [5.41, 5.74) is 1.11. The van der Waals surface area contributed by atoms with Crippen LogP contribution in [0.2, 0.25) is 0 Å². The molecule has 1 N–H and O–H groups in total. The predicted octanol–water partition coefficient (Wildman–Crippen LogP) is 3.41. The SMILES string of the molecule is CCNC(CC(C)C)c1ccc(OC)c(OC)c1OC. The van der Waals surface area contributed by atoms with Crippen molar-refractivity contribution in [3.8, 4) is 17.2 Å². The summed E-state index contributed by atoms with van der Waals surface area (Å²) in [6.07, 6.45) is 1.04. The maximum Gasteiger partial charge on any atom is 0.203 e. The number of rotatable bonds is 8. The summed E-state index contributed by atoms with van der Waals surface area (Å²) in [7, 11) is 4.93. The van der Waals surface area contributed by atoms with E-state index >= 15 is 0 Å². The smallest absolute Gasteiger partial charge is 0.203 e. The standard InChI is InChI=1S/C16H27NO3/c1-7-17-13(10-11(2)3)12-8-9-14(18-4)16(20-6)15(12)19-5/h8-9,11,13,17H,7,10H2,1-6H3. The average Bonchev–Trinajstić information content (AvgIpc) is 2.44. The van der Waals surface area contributed by atoms with E-state index in [4.69, 9.17) is 14.2 Å². The van der Waals surface area contributed by atoms with Gasteiger partial charge >= 0.3 is 0 Å². The van der Waals surface area contributed by atoms with Crippen molar-refractivity contribution in [3.63, 3.8) is 0 Å². The second kappa shape index (κ2) is 8.00. The Morgan fingerprint density at radius 3 is 2.10 bits per heavy atom. The highest BCUT2D eigenvalue weighted by Gasteiger charge is 2.22. The fourth-order valence-corrected chi connectivity index (χ4v) is 2.44. The summed E-state index contributed by atoms with van der Waals surface area (Å²) in [6.45, 7) is 7.46. The maximum absolute atomic E-state index is 5.57. The fourth-order valence-electron chi connectivity index (χ4n) is 2.44. The van der Waals surface area contributed by atoms with Gasteiger partial charge in [-0.2, -0.15) is 0 Å². The van der Waals surface area contributed by atoms with E-state index in [-0.39, 0.29) is 6.04 Å². The minimum absolute atomic E-state index is 0.245. The molecule has 1 atom stereocenters. The van der Waals surface area contributed by atoms with Crippen LogP contribution in [-0.4, -0.2) is 27.9 Å². The van der Waals surface area contributed by atoms with Gasteiger partial charge < -0.3 is 19.5 Å². The highest BCUT2D eigenvalue weighted by atomic mass is 16.5. The zero-order valence-corrected chi connectivity index (χ0v) is 13.4. The first kappa shape index (κ1) is 16.6. The molecule has 0 radical (unpaired) electrons. The van der Waals surface area contributed by atoms with Crippen LogP contribution in [0.4, 0.5) is 0 Å². The molecule has 20 heavy (non-hydrogen) atoms. The lowest BCUT2D eigenvalue weighted by atomic mass is 9.95. The summed E-state index contributed by atoms with van der Waals surface area (Å²) in [6, 6.07) is 4.23. The predicted molar refractivity (Wildman–Crippen MR) is 82.0 cm³/mol. The normalized spacial score (nSPS) is 12.3. The molecule has 0 aliphatic heterocycles. The van der Waals surface area contributed by atoms with Gasteiger partial charge in [-0.15, -0.1) is 0 Å². The molecule has 0 saturated heterocycles. The Kier molecular flexibility index (Phi) is 6.65. The Morgan fingerprint density at radius 1 is 1.00 bits per heavy atom. The van der Waals surface area contributed by atoms with Gasteiger partial charge in [0.15, 0.2) is 11.5 Å². The van der Waals surface area contributed by atoms with E-state index in [9.17, 15) is 0 Å². The van der Waals surface area contributed by atoms with Crippen LogP contribution in [0.1, 0.15) is 38.8 Å². The quantitative estimate of drug-likeness (QED) is 0.792. The van der Waals surface area contributed by atoms with E-state index in [1.807, 2.05) is 6.07 Å².